The number of nitrogens with zero attached hydrogens (tertiary/aromatic N) is 2. The molecule has 1 rings (SSSR count). The third-order valence-electron chi connectivity index (χ3n) is 2.09. The van der Waals surface area contributed by atoms with Gasteiger partial charge in [0, 0.05) is 23.7 Å². The van der Waals surface area contributed by atoms with E-state index in [-0.39, 0.29) is 0 Å². The molecule has 1 aromatic heterocycles. The zero-order chi connectivity index (χ0) is 11.1. The maximum atomic E-state index is 4.20. The van der Waals surface area contributed by atoms with Crippen molar-refractivity contribution in [3.8, 4) is 0 Å². The SMILES string of the molecule is CCNC(C)CC(C)Sc1ncccn1. The molecular formula is C11H19N3S. The molecule has 84 valence electrons. The van der Waals surface area contributed by atoms with Crippen molar-refractivity contribution >= 4 is 11.8 Å². The van der Waals surface area contributed by atoms with Crippen LogP contribution in [0.25, 0.3) is 0 Å². The first-order valence-corrected chi connectivity index (χ1v) is 6.27. The first-order chi connectivity index (χ1) is 7.22. The van der Waals surface area contributed by atoms with E-state index in [2.05, 4.69) is 36.1 Å². The van der Waals surface area contributed by atoms with Crippen LogP contribution in [-0.4, -0.2) is 27.8 Å². The maximum Gasteiger partial charge on any atom is 0.187 e. The van der Waals surface area contributed by atoms with E-state index in [0.29, 0.717) is 11.3 Å². The van der Waals surface area contributed by atoms with Gasteiger partial charge >= 0.3 is 0 Å². The Morgan fingerprint density at radius 3 is 2.60 bits per heavy atom. The summed E-state index contributed by atoms with van der Waals surface area (Å²) in [6, 6.07) is 2.40. The van der Waals surface area contributed by atoms with E-state index in [1.54, 1.807) is 24.2 Å². The van der Waals surface area contributed by atoms with Crippen LogP contribution >= 0.6 is 11.8 Å². The fourth-order valence-electron chi connectivity index (χ4n) is 1.50. The number of thioether (sulfide) groups is 1. The molecule has 2 unspecified atom stereocenters. The smallest absolute Gasteiger partial charge is 0.187 e. The van der Waals surface area contributed by atoms with E-state index in [0.717, 1.165) is 18.1 Å². The fourth-order valence-corrected chi connectivity index (χ4v) is 2.49. The lowest BCUT2D eigenvalue weighted by Crippen LogP contribution is -2.28. The quantitative estimate of drug-likeness (QED) is 0.596. The summed E-state index contributed by atoms with van der Waals surface area (Å²) < 4.78 is 0. The number of rotatable bonds is 6. The summed E-state index contributed by atoms with van der Waals surface area (Å²) in [4.78, 5) is 8.41. The molecule has 0 fully saturated rings. The monoisotopic (exact) mass is 225 g/mol. The fraction of sp³-hybridized carbons (Fsp3) is 0.636. The van der Waals surface area contributed by atoms with Gasteiger partial charge in [-0.3, -0.25) is 0 Å². The predicted octanol–water partition coefficient (Wildman–Crippen LogP) is 2.35. The van der Waals surface area contributed by atoms with E-state index in [1.807, 2.05) is 6.07 Å². The van der Waals surface area contributed by atoms with Crippen LogP contribution in [0.5, 0.6) is 0 Å². The molecule has 0 spiro atoms. The van der Waals surface area contributed by atoms with Crippen LogP contribution in [0.1, 0.15) is 27.2 Å². The van der Waals surface area contributed by atoms with Gasteiger partial charge in [0.2, 0.25) is 0 Å². The van der Waals surface area contributed by atoms with E-state index >= 15 is 0 Å². The molecule has 0 saturated heterocycles. The molecule has 15 heavy (non-hydrogen) atoms. The topological polar surface area (TPSA) is 37.8 Å². The van der Waals surface area contributed by atoms with Gasteiger partial charge in [-0.25, -0.2) is 9.97 Å². The lowest BCUT2D eigenvalue weighted by atomic mass is 10.2. The summed E-state index contributed by atoms with van der Waals surface area (Å²) >= 11 is 1.74. The van der Waals surface area contributed by atoms with Gasteiger partial charge in [-0.1, -0.05) is 25.6 Å². The minimum Gasteiger partial charge on any atom is -0.314 e. The van der Waals surface area contributed by atoms with Crippen molar-refractivity contribution in [3.63, 3.8) is 0 Å². The summed E-state index contributed by atoms with van der Waals surface area (Å²) in [6.45, 7) is 7.59. The lowest BCUT2D eigenvalue weighted by Gasteiger charge is -2.16. The molecule has 0 saturated carbocycles. The van der Waals surface area contributed by atoms with Crippen LogP contribution in [0.15, 0.2) is 23.6 Å². The molecular weight excluding hydrogens is 206 g/mol. The molecule has 0 bridgehead atoms. The van der Waals surface area contributed by atoms with E-state index in [9.17, 15) is 0 Å². The predicted molar refractivity (Wildman–Crippen MR) is 65.1 cm³/mol. The minimum atomic E-state index is 0.543. The Labute approximate surface area is 96.1 Å². The Morgan fingerprint density at radius 2 is 2.00 bits per heavy atom. The zero-order valence-electron chi connectivity index (χ0n) is 9.60. The van der Waals surface area contributed by atoms with Gasteiger partial charge in [0.1, 0.15) is 0 Å². The van der Waals surface area contributed by atoms with Crippen molar-refractivity contribution in [2.75, 3.05) is 6.54 Å². The first kappa shape index (κ1) is 12.5. The number of hydrogen-bond donors (Lipinski definition) is 1. The van der Waals surface area contributed by atoms with E-state index < -0.39 is 0 Å². The normalized spacial score (nSPS) is 14.9. The van der Waals surface area contributed by atoms with E-state index in [1.165, 1.54) is 0 Å². The Bertz CT molecular complexity index is 266. The van der Waals surface area contributed by atoms with Gasteiger partial charge in [-0.05, 0) is 26.0 Å². The molecule has 0 amide bonds. The third-order valence-corrected chi connectivity index (χ3v) is 3.10. The highest BCUT2D eigenvalue weighted by Gasteiger charge is 2.10. The van der Waals surface area contributed by atoms with Crippen molar-refractivity contribution in [3.05, 3.63) is 18.5 Å². The van der Waals surface area contributed by atoms with Crippen molar-refractivity contribution < 1.29 is 0 Å². The molecule has 0 aromatic carbocycles. The minimum absolute atomic E-state index is 0.543. The standard InChI is InChI=1S/C11H19N3S/c1-4-12-9(2)8-10(3)15-11-13-6-5-7-14-11/h5-7,9-10,12H,4,8H2,1-3H3. The lowest BCUT2D eigenvalue weighted by molar-refractivity contribution is 0.529. The van der Waals surface area contributed by atoms with Crippen molar-refractivity contribution in [2.24, 2.45) is 0 Å². The molecule has 1 aromatic rings. The molecule has 0 aliphatic heterocycles. The second-order valence-corrected chi connectivity index (χ2v) is 5.06. The summed E-state index contributed by atoms with van der Waals surface area (Å²) in [5.74, 6) is 0. The maximum absolute atomic E-state index is 4.20. The van der Waals surface area contributed by atoms with Gasteiger partial charge in [0.15, 0.2) is 5.16 Å². The second-order valence-electron chi connectivity index (χ2n) is 3.65. The number of nitrogens with one attached hydrogen (secondary N) is 1. The van der Waals surface area contributed by atoms with Crippen molar-refractivity contribution in [1.82, 2.24) is 15.3 Å². The molecule has 2 atom stereocenters. The van der Waals surface area contributed by atoms with Crippen LogP contribution in [0.4, 0.5) is 0 Å². The second kappa shape index (κ2) is 6.80. The van der Waals surface area contributed by atoms with Crippen LogP contribution < -0.4 is 5.32 Å². The highest BCUT2D eigenvalue weighted by atomic mass is 32.2. The Hall–Kier alpha value is -0.610. The Balaban J connectivity index is 2.33. The first-order valence-electron chi connectivity index (χ1n) is 5.39. The largest absolute Gasteiger partial charge is 0.314 e. The molecule has 1 N–H and O–H groups in total. The van der Waals surface area contributed by atoms with Crippen LogP contribution in [0, 0.1) is 0 Å². The molecule has 0 aliphatic rings. The number of aromatic nitrogens is 2. The highest BCUT2D eigenvalue weighted by molar-refractivity contribution is 7.99. The molecule has 1 heterocycles. The summed E-state index contributed by atoms with van der Waals surface area (Å²) in [7, 11) is 0. The molecule has 0 aliphatic carbocycles. The average Bonchev–Trinajstić information content (AvgIpc) is 2.19. The van der Waals surface area contributed by atoms with Gasteiger partial charge in [-0.2, -0.15) is 0 Å². The molecule has 3 nitrogen and oxygen atoms in total. The Morgan fingerprint density at radius 1 is 1.33 bits per heavy atom. The molecule has 4 heteroatoms. The van der Waals surface area contributed by atoms with Gasteiger partial charge in [-0.15, -0.1) is 0 Å². The highest BCUT2D eigenvalue weighted by Crippen LogP contribution is 2.21. The Kier molecular flexibility index (Phi) is 5.65. The number of hydrogen-bond acceptors (Lipinski definition) is 4. The third kappa shape index (κ3) is 5.14. The average molecular weight is 225 g/mol. The van der Waals surface area contributed by atoms with Crippen LogP contribution in [0.2, 0.25) is 0 Å². The van der Waals surface area contributed by atoms with Crippen molar-refractivity contribution in [1.29, 1.82) is 0 Å². The summed E-state index contributed by atoms with van der Waals surface area (Å²) in [6.07, 6.45) is 4.71. The summed E-state index contributed by atoms with van der Waals surface area (Å²) in [5.41, 5.74) is 0. The van der Waals surface area contributed by atoms with Crippen LogP contribution in [0.3, 0.4) is 0 Å². The van der Waals surface area contributed by atoms with Crippen molar-refractivity contribution in [2.45, 2.75) is 43.6 Å². The molecule has 0 radical (unpaired) electrons. The van der Waals surface area contributed by atoms with Crippen LogP contribution in [-0.2, 0) is 0 Å². The summed E-state index contributed by atoms with van der Waals surface area (Å²) in [5, 5.41) is 4.82. The van der Waals surface area contributed by atoms with Gasteiger partial charge < -0.3 is 5.32 Å². The van der Waals surface area contributed by atoms with Gasteiger partial charge in [0.25, 0.3) is 0 Å². The van der Waals surface area contributed by atoms with E-state index in [4.69, 9.17) is 0 Å². The zero-order valence-corrected chi connectivity index (χ0v) is 10.4. The van der Waals surface area contributed by atoms with Gasteiger partial charge in [0.05, 0.1) is 0 Å².